The molecule has 2 aromatic rings. The van der Waals surface area contributed by atoms with Gasteiger partial charge in [-0.15, -0.1) is 0 Å². The Morgan fingerprint density at radius 3 is 2.58 bits per heavy atom. The lowest BCUT2D eigenvalue weighted by molar-refractivity contribution is 1.13. The van der Waals surface area contributed by atoms with Gasteiger partial charge in [-0.3, -0.25) is 4.98 Å². The molecule has 3 N–H and O–H groups in total. The number of pyridine rings is 1. The first kappa shape index (κ1) is 15.2. The number of nitrogens with zero attached hydrogens (tertiary/aromatic N) is 3. The molecule has 0 aliphatic carbocycles. The second kappa shape index (κ2) is 7.58. The lowest BCUT2D eigenvalue weighted by atomic mass is 10.2. The van der Waals surface area contributed by atoms with E-state index in [1.165, 1.54) is 11.9 Å². The zero-order chi connectivity index (χ0) is 14.3. The van der Waals surface area contributed by atoms with E-state index < -0.39 is 0 Å². The number of rotatable bonds is 3. The second-order valence-corrected chi connectivity index (χ2v) is 4.11. The molecule has 0 saturated carbocycles. The van der Waals surface area contributed by atoms with Crippen molar-refractivity contribution in [1.29, 1.82) is 0 Å². The van der Waals surface area contributed by atoms with Gasteiger partial charge in [0.1, 0.15) is 5.82 Å². The molecule has 2 heterocycles. The molecule has 0 saturated heterocycles. The fraction of sp³-hybridized carbons (Fsp3) is 0.308. The third-order valence-corrected chi connectivity index (χ3v) is 2.68. The topological polar surface area (TPSA) is 76.7 Å². The highest BCUT2D eigenvalue weighted by molar-refractivity contribution is 7.99. The fourth-order valence-corrected chi connectivity index (χ4v) is 1.73. The van der Waals surface area contributed by atoms with Crippen LogP contribution >= 0.6 is 11.9 Å². The fourth-order valence-electron chi connectivity index (χ4n) is 1.38. The van der Waals surface area contributed by atoms with E-state index >= 15 is 0 Å². The largest absolute Gasteiger partial charge is 0.382 e. The summed E-state index contributed by atoms with van der Waals surface area (Å²) >= 11 is 1.52. The van der Waals surface area contributed by atoms with Gasteiger partial charge in [0.15, 0.2) is 0 Å². The molecule has 0 spiro atoms. The molecule has 0 aliphatic heterocycles. The van der Waals surface area contributed by atoms with Gasteiger partial charge in [-0.2, -0.15) is 0 Å². The van der Waals surface area contributed by atoms with Crippen LogP contribution in [0.5, 0.6) is 0 Å². The van der Waals surface area contributed by atoms with Crippen molar-refractivity contribution in [3.05, 3.63) is 30.4 Å². The molecule has 0 aliphatic rings. The summed E-state index contributed by atoms with van der Waals surface area (Å²) in [4.78, 5) is 12.6. The van der Waals surface area contributed by atoms with Crippen LogP contribution in [0.3, 0.4) is 0 Å². The Morgan fingerprint density at radius 2 is 1.95 bits per heavy atom. The molecule has 6 heteroatoms. The molecule has 0 fully saturated rings. The minimum atomic E-state index is 0.458. The van der Waals surface area contributed by atoms with Gasteiger partial charge in [-0.05, 0) is 13.0 Å². The summed E-state index contributed by atoms with van der Waals surface area (Å²) in [5.74, 6) is 0.458. The molecule has 0 aromatic carbocycles. The molecule has 0 unspecified atom stereocenters. The molecular weight excluding hydrogens is 258 g/mol. The average molecular weight is 277 g/mol. The SMILES string of the molecule is CC.CSNc1cncc(-c2cnc(N)c(C)n2)c1. The third kappa shape index (κ3) is 4.10. The summed E-state index contributed by atoms with van der Waals surface area (Å²) in [7, 11) is 0. The zero-order valence-electron chi connectivity index (χ0n) is 11.6. The van der Waals surface area contributed by atoms with Crippen molar-refractivity contribution < 1.29 is 0 Å². The second-order valence-electron chi connectivity index (χ2n) is 3.49. The van der Waals surface area contributed by atoms with Crippen LogP contribution in [0.15, 0.2) is 24.7 Å². The summed E-state index contributed by atoms with van der Waals surface area (Å²) < 4.78 is 3.12. The van der Waals surface area contributed by atoms with Crippen LogP contribution in [0.25, 0.3) is 11.3 Å². The van der Waals surface area contributed by atoms with Crippen molar-refractivity contribution >= 4 is 23.5 Å². The van der Waals surface area contributed by atoms with Crippen LogP contribution in [0.4, 0.5) is 11.5 Å². The number of hydrogen-bond donors (Lipinski definition) is 2. The van der Waals surface area contributed by atoms with Gasteiger partial charge in [0, 0.05) is 18.0 Å². The molecule has 0 atom stereocenters. The first-order valence-electron chi connectivity index (χ1n) is 6.04. The van der Waals surface area contributed by atoms with Crippen LogP contribution in [0, 0.1) is 6.92 Å². The molecule has 0 bridgehead atoms. The predicted octanol–water partition coefficient (Wildman–Crippen LogP) is 3.15. The van der Waals surface area contributed by atoms with E-state index in [9.17, 15) is 0 Å². The minimum absolute atomic E-state index is 0.458. The van der Waals surface area contributed by atoms with Crippen LogP contribution in [-0.4, -0.2) is 21.2 Å². The van der Waals surface area contributed by atoms with E-state index in [0.717, 1.165) is 22.6 Å². The number of nitrogens with two attached hydrogens (primary N) is 1. The molecule has 19 heavy (non-hydrogen) atoms. The van der Waals surface area contributed by atoms with Gasteiger partial charge in [0.05, 0.1) is 29.5 Å². The van der Waals surface area contributed by atoms with Gasteiger partial charge in [-0.25, -0.2) is 9.97 Å². The van der Waals surface area contributed by atoms with Crippen molar-refractivity contribution in [2.24, 2.45) is 0 Å². The summed E-state index contributed by atoms with van der Waals surface area (Å²) in [6.07, 6.45) is 7.13. The lowest BCUT2D eigenvalue weighted by Gasteiger charge is -2.06. The van der Waals surface area contributed by atoms with Gasteiger partial charge >= 0.3 is 0 Å². The average Bonchev–Trinajstić information content (AvgIpc) is 2.45. The summed E-state index contributed by atoms with van der Waals surface area (Å²) in [6.45, 7) is 5.84. The molecule has 102 valence electrons. The highest BCUT2D eigenvalue weighted by Gasteiger charge is 2.04. The van der Waals surface area contributed by atoms with Crippen molar-refractivity contribution in [2.75, 3.05) is 16.7 Å². The maximum Gasteiger partial charge on any atom is 0.144 e. The summed E-state index contributed by atoms with van der Waals surface area (Å²) in [5.41, 5.74) is 8.99. The van der Waals surface area contributed by atoms with Crippen LogP contribution in [-0.2, 0) is 0 Å². The van der Waals surface area contributed by atoms with Gasteiger partial charge in [-0.1, -0.05) is 25.8 Å². The smallest absolute Gasteiger partial charge is 0.144 e. The number of nitrogen functional groups attached to an aromatic ring is 1. The Labute approximate surface area is 118 Å². The molecule has 2 rings (SSSR count). The number of hydrogen-bond acceptors (Lipinski definition) is 6. The van der Waals surface area contributed by atoms with Crippen molar-refractivity contribution in [1.82, 2.24) is 15.0 Å². The highest BCUT2D eigenvalue weighted by atomic mass is 32.2. The van der Waals surface area contributed by atoms with Crippen molar-refractivity contribution in [3.63, 3.8) is 0 Å². The quantitative estimate of drug-likeness (QED) is 0.839. The highest BCUT2D eigenvalue weighted by Crippen LogP contribution is 2.21. The summed E-state index contributed by atoms with van der Waals surface area (Å²) in [5, 5.41) is 0. The number of aryl methyl sites for hydroxylation is 1. The molecule has 0 radical (unpaired) electrons. The van der Waals surface area contributed by atoms with E-state index in [1.807, 2.05) is 33.1 Å². The van der Waals surface area contributed by atoms with Gasteiger partial charge < -0.3 is 10.5 Å². The number of anilines is 2. The number of aromatic nitrogens is 3. The van der Waals surface area contributed by atoms with Gasteiger partial charge in [0.2, 0.25) is 0 Å². The molecule has 2 aromatic heterocycles. The molecule has 0 amide bonds. The summed E-state index contributed by atoms with van der Waals surface area (Å²) in [6, 6.07) is 1.98. The van der Waals surface area contributed by atoms with Crippen molar-refractivity contribution in [3.8, 4) is 11.3 Å². The van der Waals surface area contributed by atoms with Gasteiger partial charge in [0.25, 0.3) is 0 Å². The molecular formula is C13H19N5S. The normalized spacial score (nSPS) is 9.47. The third-order valence-electron chi connectivity index (χ3n) is 2.24. The minimum Gasteiger partial charge on any atom is -0.382 e. The first-order chi connectivity index (χ1) is 9.20. The van der Waals surface area contributed by atoms with Crippen molar-refractivity contribution in [2.45, 2.75) is 20.8 Å². The van der Waals surface area contributed by atoms with E-state index in [1.54, 1.807) is 18.6 Å². The Balaban J connectivity index is 0.000000861. The Kier molecular flexibility index (Phi) is 6.08. The predicted molar refractivity (Wildman–Crippen MR) is 82.9 cm³/mol. The van der Waals surface area contributed by atoms with E-state index in [0.29, 0.717) is 5.82 Å². The molecule has 5 nitrogen and oxygen atoms in total. The van der Waals surface area contributed by atoms with Crippen LogP contribution < -0.4 is 10.5 Å². The first-order valence-corrected chi connectivity index (χ1v) is 7.26. The maximum atomic E-state index is 5.64. The number of nitrogens with one attached hydrogen (secondary N) is 1. The maximum absolute atomic E-state index is 5.64. The standard InChI is InChI=1S/C11H13N5S.C2H6/c1-7-11(12)14-6-10(15-7)8-3-9(16-17-2)5-13-4-8;1-2/h3-6,16H,1-2H3,(H2,12,14);1-2H3. The zero-order valence-corrected chi connectivity index (χ0v) is 12.5. The van der Waals surface area contributed by atoms with E-state index in [-0.39, 0.29) is 0 Å². The van der Waals surface area contributed by atoms with E-state index in [4.69, 9.17) is 5.73 Å². The monoisotopic (exact) mass is 277 g/mol. The Hall–Kier alpha value is -1.82. The van der Waals surface area contributed by atoms with Crippen LogP contribution in [0.1, 0.15) is 19.5 Å². The van der Waals surface area contributed by atoms with Crippen LogP contribution in [0.2, 0.25) is 0 Å². The Morgan fingerprint density at radius 1 is 1.21 bits per heavy atom. The Bertz CT molecular complexity index is 530. The lowest BCUT2D eigenvalue weighted by Crippen LogP contribution is -1.98. The van der Waals surface area contributed by atoms with E-state index in [2.05, 4.69) is 19.7 Å².